The molecule has 0 spiro atoms. The maximum Gasteiger partial charge on any atom is 0.255 e. The normalized spacial score (nSPS) is 18.7. The highest BCUT2D eigenvalue weighted by Gasteiger charge is 2.26. The number of nitrogens with zero attached hydrogens (tertiary/aromatic N) is 1. The van der Waals surface area contributed by atoms with E-state index in [4.69, 9.17) is 9.47 Å². The molecule has 1 saturated carbocycles. The number of pyridine rings is 1. The Balaban J connectivity index is 1.41. The lowest BCUT2D eigenvalue weighted by Crippen LogP contribution is -2.40. The Bertz CT molecular complexity index is 1010. The van der Waals surface area contributed by atoms with Crippen LogP contribution in [0.15, 0.2) is 54.7 Å². The van der Waals surface area contributed by atoms with Gasteiger partial charge in [0.2, 0.25) is 5.88 Å². The quantitative estimate of drug-likeness (QED) is 0.624. The van der Waals surface area contributed by atoms with E-state index in [1.54, 1.807) is 0 Å². The van der Waals surface area contributed by atoms with Gasteiger partial charge in [0.25, 0.3) is 5.91 Å². The number of ether oxygens (including phenoxy) is 2. The number of hydrogen-bond donors (Lipinski definition) is 1. The lowest BCUT2D eigenvalue weighted by molar-refractivity contribution is 0.0888. The van der Waals surface area contributed by atoms with Crippen molar-refractivity contribution < 1.29 is 14.3 Å². The molecule has 156 valence electrons. The van der Waals surface area contributed by atoms with E-state index >= 15 is 0 Å². The Labute approximate surface area is 177 Å². The summed E-state index contributed by atoms with van der Waals surface area (Å²) in [4.78, 5) is 17.5. The fourth-order valence-electron chi connectivity index (χ4n) is 4.04. The zero-order valence-electron chi connectivity index (χ0n) is 17.6. The van der Waals surface area contributed by atoms with E-state index in [2.05, 4.69) is 10.3 Å². The molecule has 1 N–H and O–H groups in total. The molecule has 1 aliphatic rings. The number of hydrogen-bond acceptors (Lipinski definition) is 4. The minimum absolute atomic E-state index is 0.0696. The minimum Gasteiger partial charge on any atom is -0.493 e. The fourth-order valence-corrected chi connectivity index (χ4v) is 4.04. The number of benzene rings is 2. The summed E-state index contributed by atoms with van der Waals surface area (Å²) >= 11 is 0. The molecule has 3 aromatic rings. The third-order valence-electron chi connectivity index (χ3n) is 5.60. The van der Waals surface area contributed by atoms with Crippen LogP contribution in [0.4, 0.5) is 0 Å². The van der Waals surface area contributed by atoms with Crippen molar-refractivity contribution in [2.45, 2.75) is 51.7 Å². The number of rotatable bonds is 6. The second kappa shape index (κ2) is 9.16. The zero-order chi connectivity index (χ0) is 20.9. The molecular formula is C25H28N2O3. The van der Waals surface area contributed by atoms with Crippen LogP contribution in [0.2, 0.25) is 0 Å². The Morgan fingerprint density at radius 1 is 1.07 bits per heavy atom. The van der Waals surface area contributed by atoms with E-state index < -0.39 is 0 Å². The fraction of sp³-hybridized carbons (Fsp3) is 0.360. The predicted octanol–water partition coefficient (Wildman–Crippen LogP) is 5.06. The molecule has 5 nitrogen and oxygen atoms in total. The van der Waals surface area contributed by atoms with Gasteiger partial charge in [-0.25, -0.2) is 4.98 Å². The van der Waals surface area contributed by atoms with Crippen LogP contribution in [-0.4, -0.2) is 29.6 Å². The highest BCUT2D eigenvalue weighted by atomic mass is 16.5. The van der Waals surface area contributed by atoms with E-state index in [1.807, 2.05) is 68.6 Å². The molecular weight excluding hydrogens is 376 g/mol. The van der Waals surface area contributed by atoms with Gasteiger partial charge in [-0.05, 0) is 61.9 Å². The summed E-state index contributed by atoms with van der Waals surface area (Å²) < 4.78 is 11.8. The molecule has 30 heavy (non-hydrogen) atoms. The van der Waals surface area contributed by atoms with Crippen molar-refractivity contribution in [3.05, 3.63) is 65.9 Å². The van der Waals surface area contributed by atoms with Crippen LogP contribution in [0, 0.1) is 6.92 Å². The number of fused-ring (bicyclic) bond motifs is 1. The monoisotopic (exact) mass is 404 g/mol. The summed E-state index contributed by atoms with van der Waals surface area (Å²) in [6, 6.07) is 15.9. The van der Waals surface area contributed by atoms with E-state index in [0.717, 1.165) is 42.0 Å². The van der Waals surface area contributed by atoms with Crippen molar-refractivity contribution in [1.82, 2.24) is 10.3 Å². The molecule has 0 unspecified atom stereocenters. The highest BCUT2D eigenvalue weighted by molar-refractivity contribution is 6.09. The second-order valence-corrected chi connectivity index (χ2v) is 7.83. The number of carbonyl (C=O) groups is 1. The summed E-state index contributed by atoms with van der Waals surface area (Å²) in [5.41, 5.74) is 1.74. The molecule has 0 aliphatic heterocycles. The van der Waals surface area contributed by atoms with Crippen LogP contribution in [-0.2, 0) is 0 Å². The molecule has 2 aromatic carbocycles. The molecule has 1 amide bonds. The number of nitrogens with one attached hydrogen (secondary N) is 1. The summed E-state index contributed by atoms with van der Waals surface area (Å²) in [6.07, 6.45) is 5.53. The lowest BCUT2D eigenvalue weighted by Gasteiger charge is -2.29. The van der Waals surface area contributed by atoms with E-state index in [0.29, 0.717) is 23.8 Å². The Morgan fingerprint density at radius 3 is 2.60 bits per heavy atom. The first-order valence-corrected chi connectivity index (χ1v) is 10.7. The van der Waals surface area contributed by atoms with Crippen LogP contribution in [0.5, 0.6) is 11.6 Å². The average Bonchev–Trinajstić information content (AvgIpc) is 2.76. The first-order valence-electron chi connectivity index (χ1n) is 10.7. The summed E-state index contributed by atoms with van der Waals surface area (Å²) in [5.74, 6) is 1.24. The third-order valence-corrected chi connectivity index (χ3v) is 5.60. The predicted molar refractivity (Wildman–Crippen MR) is 118 cm³/mol. The van der Waals surface area contributed by atoms with Gasteiger partial charge < -0.3 is 14.8 Å². The largest absolute Gasteiger partial charge is 0.493 e. The molecule has 0 radical (unpaired) electrons. The van der Waals surface area contributed by atoms with Gasteiger partial charge in [0, 0.05) is 18.3 Å². The second-order valence-electron chi connectivity index (χ2n) is 7.83. The van der Waals surface area contributed by atoms with Gasteiger partial charge in [0.05, 0.1) is 12.2 Å². The summed E-state index contributed by atoms with van der Waals surface area (Å²) in [5, 5.41) is 5.18. The zero-order valence-corrected chi connectivity index (χ0v) is 17.6. The van der Waals surface area contributed by atoms with Crippen molar-refractivity contribution in [2.75, 3.05) is 6.61 Å². The van der Waals surface area contributed by atoms with Crippen LogP contribution in [0.1, 0.15) is 48.5 Å². The van der Waals surface area contributed by atoms with Gasteiger partial charge in [-0.15, -0.1) is 0 Å². The Hall–Kier alpha value is -3.08. The molecule has 1 heterocycles. The molecule has 1 aromatic heterocycles. The lowest BCUT2D eigenvalue weighted by atomic mass is 9.92. The molecule has 1 aliphatic carbocycles. The Kier molecular flexibility index (Phi) is 6.17. The molecule has 0 atom stereocenters. The molecule has 1 fully saturated rings. The van der Waals surface area contributed by atoms with Gasteiger partial charge in [-0.1, -0.05) is 36.4 Å². The van der Waals surface area contributed by atoms with Crippen molar-refractivity contribution >= 4 is 16.7 Å². The standard InChI is InChI=1S/C25H28N2O3/c1-3-29-22-14-9-18-6-4-5-7-21(18)24(22)25(28)27-19-10-12-20(13-11-19)30-23-15-8-17(2)16-26-23/h4-9,14-16,19-20H,3,10-13H2,1-2H3,(H,27,28). The van der Waals surface area contributed by atoms with Gasteiger partial charge in [0.1, 0.15) is 11.9 Å². The Morgan fingerprint density at radius 2 is 1.87 bits per heavy atom. The first-order chi connectivity index (χ1) is 14.6. The number of carbonyl (C=O) groups excluding carboxylic acids is 1. The third kappa shape index (κ3) is 4.56. The topological polar surface area (TPSA) is 60.5 Å². The van der Waals surface area contributed by atoms with Crippen LogP contribution in [0.3, 0.4) is 0 Å². The van der Waals surface area contributed by atoms with Crippen LogP contribution >= 0.6 is 0 Å². The highest BCUT2D eigenvalue weighted by Crippen LogP contribution is 2.29. The average molecular weight is 405 g/mol. The van der Waals surface area contributed by atoms with Crippen LogP contribution in [0.25, 0.3) is 10.8 Å². The first kappa shape index (κ1) is 20.2. The van der Waals surface area contributed by atoms with Crippen molar-refractivity contribution in [2.24, 2.45) is 0 Å². The number of amides is 1. The molecule has 0 saturated heterocycles. The van der Waals surface area contributed by atoms with Gasteiger partial charge in [0.15, 0.2) is 0 Å². The minimum atomic E-state index is -0.0696. The maximum absolute atomic E-state index is 13.2. The van der Waals surface area contributed by atoms with Crippen molar-refractivity contribution in [3.63, 3.8) is 0 Å². The molecule has 0 bridgehead atoms. The van der Waals surface area contributed by atoms with E-state index in [1.165, 1.54) is 0 Å². The van der Waals surface area contributed by atoms with Crippen LogP contribution < -0.4 is 14.8 Å². The maximum atomic E-state index is 13.2. The van der Waals surface area contributed by atoms with Crippen molar-refractivity contribution in [3.8, 4) is 11.6 Å². The van der Waals surface area contributed by atoms with Crippen molar-refractivity contribution in [1.29, 1.82) is 0 Å². The molecule has 5 heteroatoms. The SMILES string of the molecule is CCOc1ccc2ccccc2c1C(=O)NC1CCC(Oc2ccc(C)cn2)CC1. The smallest absolute Gasteiger partial charge is 0.255 e. The van der Waals surface area contributed by atoms with Gasteiger partial charge in [-0.2, -0.15) is 0 Å². The van der Waals surface area contributed by atoms with Gasteiger partial charge in [-0.3, -0.25) is 4.79 Å². The van der Waals surface area contributed by atoms with Gasteiger partial charge >= 0.3 is 0 Å². The summed E-state index contributed by atoms with van der Waals surface area (Å²) in [6.45, 7) is 4.47. The molecule has 4 rings (SSSR count). The summed E-state index contributed by atoms with van der Waals surface area (Å²) in [7, 11) is 0. The number of aromatic nitrogens is 1. The van der Waals surface area contributed by atoms with E-state index in [9.17, 15) is 4.79 Å². The van der Waals surface area contributed by atoms with E-state index in [-0.39, 0.29) is 18.1 Å². The number of aryl methyl sites for hydroxylation is 1.